The third-order valence-electron chi connectivity index (χ3n) is 7.61. The highest BCUT2D eigenvalue weighted by Gasteiger charge is 2.71. The molecule has 1 saturated heterocycles. The number of nitrogens with zero attached hydrogens (tertiary/aromatic N) is 1. The van der Waals surface area contributed by atoms with Crippen LogP contribution < -0.4 is 4.90 Å². The molecule has 1 fully saturated rings. The van der Waals surface area contributed by atoms with E-state index in [9.17, 15) is 14.4 Å². The fraction of sp³-hybridized carbons (Fsp3) is 0.207. The second-order valence-electron chi connectivity index (χ2n) is 9.43. The molecule has 0 unspecified atom stereocenters. The van der Waals surface area contributed by atoms with Crippen molar-refractivity contribution >= 4 is 45.0 Å². The molecule has 3 aromatic rings. The first-order valence-corrected chi connectivity index (χ1v) is 12.2. The maximum atomic E-state index is 14.3. The van der Waals surface area contributed by atoms with E-state index >= 15 is 0 Å². The molecular formula is C29H22BrNO3. The Hall–Kier alpha value is -3.31. The summed E-state index contributed by atoms with van der Waals surface area (Å²) in [6, 6.07) is 19.6. The SMILES string of the molecule is CC(=O)[C@H]1[C@H](c2ccc(Br)cc2)C2(C(=O)c3ccccc3C2=O)[C@@H]2C=Cc3ccc(C)cc3N21. The van der Waals surface area contributed by atoms with Gasteiger partial charge in [-0.1, -0.05) is 76.6 Å². The van der Waals surface area contributed by atoms with E-state index in [0.717, 1.165) is 26.9 Å². The lowest BCUT2D eigenvalue weighted by atomic mass is 9.64. The first-order valence-electron chi connectivity index (χ1n) is 11.4. The normalized spacial score (nSPS) is 23.7. The van der Waals surface area contributed by atoms with E-state index in [2.05, 4.69) is 22.0 Å². The summed E-state index contributed by atoms with van der Waals surface area (Å²) < 4.78 is 0.897. The maximum Gasteiger partial charge on any atom is 0.180 e. The highest BCUT2D eigenvalue weighted by atomic mass is 79.9. The summed E-state index contributed by atoms with van der Waals surface area (Å²) in [5.74, 6) is -1.07. The molecule has 2 heterocycles. The van der Waals surface area contributed by atoms with Crippen LogP contribution >= 0.6 is 15.9 Å². The topological polar surface area (TPSA) is 54.5 Å². The minimum atomic E-state index is -1.41. The van der Waals surface area contributed by atoms with Gasteiger partial charge in [0, 0.05) is 27.2 Å². The van der Waals surface area contributed by atoms with Crippen LogP contribution in [-0.2, 0) is 4.79 Å². The van der Waals surface area contributed by atoms with Crippen LogP contribution in [0.5, 0.6) is 0 Å². The molecule has 2 aliphatic heterocycles. The Morgan fingerprint density at radius 2 is 1.59 bits per heavy atom. The average Bonchev–Trinajstić information content (AvgIpc) is 3.27. The molecule has 0 bridgehead atoms. The molecule has 0 saturated carbocycles. The monoisotopic (exact) mass is 511 g/mol. The van der Waals surface area contributed by atoms with Crippen molar-refractivity contribution in [1.82, 2.24) is 0 Å². The van der Waals surface area contributed by atoms with Crippen molar-refractivity contribution in [2.75, 3.05) is 4.90 Å². The Labute approximate surface area is 206 Å². The largest absolute Gasteiger partial charge is 0.352 e. The number of ketones is 3. The summed E-state index contributed by atoms with van der Waals surface area (Å²) >= 11 is 3.49. The van der Waals surface area contributed by atoms with E-state index < -0.39 is 23.4 Å². The van der Waals surface area contributed by atoms with Crippen LogP contribution in [0, 0.1) is 12.3 Å². The standard InChI is InChI=1S/C29H22BrNO3/c1-16-7-8-18-11-14-24-29(27(33)21-5-3-4-6-22(21)28(29)34)25(19-9-12-20(30)13-10-19)26(17(2)32)31(24)23(18)15-16/h3-15,24-26H,1-2H3/t24-,25-,26-/m0/s1. The van der Waals surface area contributed by atoms with Crippen molar-refractivity contribution < 1.29 is 14.4 Å². The number of rotatable bonds is 2. The maximum absolute atomic E-state index is 14.3. The van der Waals surface area contributed by atoms with Gasteiger partial charge in [0.2, 0.25) is 0 Å². The van der Waals surface area contributed by atoms with Crippen LogP contribution in [0.4, 0.5) is 5.69 Å². The Bertz CT molecular complexity index is 1390. The lowest BCUT2D eigenvalue weighted by Gasteiger charge is -2.37. The van der Waals surface area contributed by atoms with Crippen LogP contribution in [-0.4, -0.2) is 29.4 Å². The molecule has 5 heteroatoms. The van der Waals surface area contributed by atoms with E-state index in [-0.39, 0.29) is 17.3 Å². The average molecular weight is 512 g/mol. The molecule has 1 aliphatic carbocycles. The zero-order valence-electron chi connectivity index (χ0n) is 18.8. The third kappa shape index (κ3) is 2.62. The first kappa shape index (κ1) is 21.2. The number of Topliss-reactive ketones (excluding diaryl/α,β-unsaturated/α-hetero) is 3. The second kappa shape index (κ2) is 7.34. The molecule has 0 N–H and O–H groups in total. The third-order valence-corrected chi connectivity index (χ3v) is 8.14. The molecule has 4 nitrogen and oxygen atoms in total. The van der Waals surface area contributed by atoms with E-state index in [1.807, 2.05) is 60.4 Å². The van der Waals surface area contributed by atoms with E-state index in [4.69, 9.17) is 0 Å². The molecule has 6 rings (SSSR count). The van der Waals surface area contributed by atoms with Crippen molar-refractivity contribution in [3.05, 3.63) is 105 Å². The number of carbonyl (C=O) groups excluding carboxylic acids is 3. The molecule has 0 aromatic heterocycles. The van der Waals surface area contributed by atoms with E-state index in [1.54, 1.807) is 31.2 Å². The van der Waals surface area contributed by atoms with Gasteiger partial charge in [-0.25, -0.2) is 0 Å². The smallest absolute Gasteiger partial charge is 0.180 e. The quantitative estimate of drug-likeness (QED) is 0.409. The second-order valence-corrected chi connectivity index (χ2v) is 10.3. The number of hydrogen-bond donors (Lipinski definition) is 0. The number of fused-ring (bicyclic) bond motifs is 5. The van der Waals surface area contributed by atoms with Crippen LogP contribution in [0.1, 0.15) is 50.2 Å². The zero-order valence-corrected chi connectivity index (χ0v) is 20.4. The summed E-state index contributed by atoms with van der Waals surface area (Å²) in [4.78, 5) is 44.0. The van der Waals surface area contributed by atoms with Gasteiger partial charge in [0.25, 0.3) is 0 Å². The van der Waals surface area contributed by atoms with Gasteiger partial charge in [0.1, 0.15) is 5.41 Å². The molecule has 3 aromatic carbocycles. The van der Waals surface area contributed by atoms with Gasteiger partial charge in [-0.15, -0.1) is 0 Å². The molecular weight excluding hydrogens is 490 g/mol. The minimum Gasteiger partial charge on any atom is -0.352 e. The minimum absolute atomic E-state index is 0.0610. The van der Waals surface area contributed by atoms with Gasteiger partial charge in [-0.05, 0) is 48.7 Å². The Morgan fingerprint density at radius 1 is 0.941 bits per heavy atom. The van der Waals surface area contributed by atoms with Gasteiger partial charge >= 0.3 is 0 Å². The Balaban J connectivity index is 1.69. The number of halogens is 1. The Kier molecular flexibility index (Phi) is 4.59. The highest BCUT2D eigenvalue weighted by molar-refractivity contribution is 9.10. The molecule has 3 aliphatic rings. The van der Waals surface area contributed by atoms with Gasteiger partial charge < -0.3 is 4.90 Å². The van der Waals surface area contributed by atoms with E-state index in [0.29, 0.717) is 11.1 Å². The zero-order chi connectivity index (χ0) is 23.8. The molecule has 0 amide bonds. The molecule has 34 heavy (non-hydrogen) atoms. The predicted octanol–water partition coefficient (Wildman–Crippen LogP) is 5.78. The number of anilines is 1. The van der Waals surface area contributed by atoms with Gasteiger partial charge in [-0.3, -0.25) is 14.4 Å². The fourth-order valence-corrected chi connectivity index (χ4v) is 6.53. The fourth-order valence-electron chi connectivity index (χ4n) is 6.27. The van der Waals surface area contributed by atoms with Gasteiger partial charge in [-0.2, -0.15) is 0 Å². The van der Waals surface area contributed by atoms with Crippen LogP contribution in [0.3, 0.4) is 0 Å². The summed E-state index contributed by atoms with van der Waals surface area (Å²) in [6.45, 7) is 3.58. The first-order chi connectivity index (χ1) is 16.4. The van der Waals surface area contributed by atoms with Crippen LogP contribution in [0.15, 0.2) is 77.3 Å². The summed E-state index contributed by atoms with van der Waals surface area (Å²) in [7, 11) is 0. The molecule has 0 radical (unpaired) electrons. The predicted molar refractivity (Wildman–Crippen MR) is 135 cm³/mol. The van der Waals surface area contributed by atoms with Crippen molar-refractivity contribution in [2.24, 2.45) is 5.41 Å². The lowest BCUT2D eigenvalue weighted by Crippen LogP contribution is -2.48. The highest BCUT2D eigenvalue weighted by Crippen LogP contribution is 2.60. The number of hydrogen-bond acceptors (Lipinski definition) is 4. The summed E-state index contributed by atoms with van der Waals surface area (Å²) in [5.41, 5.74) is 3.23. The Morgan fingerprint density at radius 3 is 2.21 bits per heavy atom. The molecule has 1 spiro atoms. The van der Waals surface area contributed by atoms with Gasteiger partial charge in [0.15, 0.2) is 17.3 Å². The van der Waals surface area contributed by atoms with Crippen LogP contribution in [0.2, 0.25) is 0 Å². The summed E-state index contributed by atoms with van der Waals surface area (Å²) in [6.07, 6.45) is 3.94. The van der Waals surface area contributed by atoms with Gasteiger partial charge in [0.05, 0.1) is 12.1 Å². The van der Waals surface area contributed by atoms with Crippen molar-refractivity contribution in [3.8, 4) is 0 Å². The molecule has 168 valence electrons. The van der Waals surface area contributed by atoms with Crippen molar-refractivity contribution in [1.29, 1.82) is 0 Å². The molecule has 3 atom stereocenters. The lowest BCUT2D eigenvalue weighted by molar-refractivity contribution is -0.118. The van der Waals surface area contributed by atoms with Crippen molar-refractivity contribution in [2.45, 2.75) is 31.8 Å². The van der Waals surface area contributed by atoms with E-state index in [1.165, 1.54) is 0 Å². The summed E-state index contributed by atoms with van der Waals surface area (Å²) in [5, 5.41) is 0. The number of carbonyl (C=O) groups is 3. The number of benzene rings is 3. The number of aryl methyl sites for hydroxylation is 1. The van der Waals surface area contributed by atoms with Crippen molar-refractivity contribution in [3.63, 3.8) is 0 Å². The van der Waals surface area contributed by atoms with Crippen LogP contribution in [0.25, 0.3) is 6.08 Å².